The summed E-state index contributed by atoms with van der Waals surface area (Å²) in [5.41, 5.74) is 1.38. The van der Waals surface area contributed by atoms with E-state index in [1.165, 1.54) is 16.4 Å². The van der Waals surface area contributed by atoms with Gasteiger partial charge in [-0.2, -0.15) is 0 Å². The van der Waals surface area contributed by atoms with Crippen molar-refractivity contribution in [3.8, 4) is 0 Å². The van der Waals surface area contributed by atoms with Crippen molar-refractivity contribution in [3.05, 3.63) is 75.9 Å². The van der Waals surface area contributed by atoms with Crippen LogP contribution in [-0.2, 0) is 16.6 Å². The molecule has 0 bridgehead atoms. The number of anilines is 2. The summed E-state index contributed by atoms with van der Waals surface area (Å²) in [4.78, 5) is 12.6. The molecule has 6 nitrogen and oxygen atoms in total. The average Bonchev–Trinajstić information content (AvgIpc) is 3.35. The lowest BCUT2D eigenvalue weighted by atomic mass is 10.3. The Kier molecular flexibility index (Phi) is 4.42. The number of para-hydroxylation sites is 2. The van der Waals surface area contributed by atoms with Gasteiger partial charge < -0.3 is 4.90 Å². The van der Waals surface area contributed by atoms with E-state index in [0.717, 1.165) is 10.4 Å². The highest BCUT2D eigenvalue weighted by Crippen LogP contribution is 2.38. The summed E-state index contributed by atoms with van der Waals surface area (Å²) in [6.45, 7) is 0.707. The lowest BCUT2D eigenvalue weighted by Gasteiger charge is -2.20. The summed E-state index contributed by atoms with van der Waals surface area (Å²) >= 11 is 7.55. The predicted octanol–water partition coefficient (Wildman–Crippen LogP) is 4.52. The average molecular weight is 443 g/mol. The van der Waals surface area contributed by atoms with Gasteiger partial charge in [0.25, 0.3) is 10.0 Å². The molecular weight excluding hydrogens is 428 g/mol. The summed E-state index contributed by atoms with van der Waals surface area (Å²) in [5, 5.41) is 2.48. The molecule has 2 aromatic carbocycles. The minimum Gasteiger partial charge on any atom is -0.329 e. The smallest absolute Gasteiger partial charge is 0.267 e. The SMILES string of the molecule is O=S(=O)(c1ccc(Cl)cc1)N1CN(Cc2cccs2)c2nc3ccccc3nc21. The number of sulfonamides is 1. The molecule has 0 fully saturated rings. The third kappa shape index (κ3) is 3.23. The fourth-order valence-corrected chi connectivity index (χ4v) is 5.51. The molecule has 0 amide bonds. The number of benzene rings is 2. The molecule has 1 aliphatic heterocycles. The Balaban J connectivity index is 1.64. The van der Waals surface area contributed by atoms with Crippen LogP contribution in [0.1, 0.15) is 4.88 Å². The molecule has 0 radical (unpaired) electrons. The Morgan fingerprint density at radius 2 is 1.62 bits per heavy atom. The number of hydrogen-bond donors (Lipinski definition) is 0. The normalized spacial score (nSPS) is 13.8. The lowest BCUT2D eigenvalue weighted by molar-refractivity contribution is 0.591. The van der Waals surface area contributed by atoms with E-state index in [2.05, 4.69) is 4.98 Å². The maximum atomic E-state index is 13.4. The van der Waals surface area contributed by atoms with Crippen LogP contribution in [0.2, 0.25) is 5.02 Å². The van der Waals surface area contributed by atoms with Crippen LogP contribution in [0, 0.1) is 0 Å². The van der Waals surface area contributed by atoms with Crippen LogP contribution in [0.25, 0.3) is 11.0 Å². The molecule has 3 heterocycles. The molecule has 4 aromatic rings. The topological polar surface area (TPSA) is 66.4 Å². The molecule has 5 rings (SSSR count). The van der Waals surface area contributed by atoms with E-state index >= 15 is 0 Å². The maximum absolute atomic E-state index is 13.4. The Bertz CT molecular complexity index is 1290. The summed E-state index contributed by atoms with van der Waals surface area (Å²) < 4.78 is 28.1. The zero-order chi connectivity index (χ0) is 20.0. The summed E-state index contributed by atoms with van der Waals surface area (Å²) in [6.07, 6.45) is 0. The third-order valence-electron chi connectivity index (χ3n) is 4.70. The van der Waals surface area contributed by atoms with E-state index in [9.17, 15) is 8.42 Å². The quantitative estimate of drug-likeness (QED) is 0.465. The van der Waals surface area contributed by atoms with Gasteiger partial charge in [-0.05, 0) is 47.8 Å². The number of nitrogens with zero attached hydrogens (tertiary/aromatic N) is 4. The Morgan fingerprint density at radius 3 is 2.28 bits per heavy atom. The minimum atomic E-state index is -3.82. The van der Waals surface area contributed by atoms with Gasteiger partial charge in [0.05, 0.1) is 22.5 Å². The molecule has 0 atom stereocenters. The van der Waals surface area contributed by atoms with Gasteiger partial charge in [-0.15, -0.1) is 11.3 Å². The molecule has 146 valence electrons. The minimum absolute atomic E-state index is 0.147. The van der Waals surface area contributed by atoms with Gasteiger partial charge in [-0.1, -0.05) is 29.8 Å². The van der Waals surface area contributed by atoms with Crippen LogP contribution in [0.3, 0.4) is 0 Å². The van der Waals surface area contributed by atoms with Crippen molar-refractivity contribution >= 4 is 55.6 Å². The van der Waals surface area contributed by atoms with Crippen LogP contribution in [0.4, 0.5) is 11.6 Å². The van der Waals surface area contributed by atoms with Gasteiger partial charge in [-0.3, -0.25) is 0 Å². The second-order valence-corrected chi connectivity index (χ2v) is 9.92. The van der Waals surface area contributed by atoms with Gasteiger partial charge in [0.2, 0.25) is 0 Å². The number of rotatable bonds is 4. The number of hydrogen-bond acceptors (Lipinski definition) is 6. The summed E-state index contributed by atoms with van der Waals surface area (Å²) in [7, 11) is -3.82. The van der Waals surface area contributed by atoms with Crippen LogP contribution in [0.15, 0.2) is 70.9 Å². The number of fused-ring (bicyclic) bond motifs is 2. The van der Waals surface area contributed by atoms with E-state index in [-0.39, 0.29) is 11.6 Å². The number of halogens is 1. The van der Waals surface area contributed by atoms with E-state index in [4.69, 9.17) is 16.6 Å². The molecule has 1 aliphatic rings. The lowest BCUT2D eigenvalue weighted by Crippen LogP contribution is -2.35. The zero-order valence-corrected chi connectivity index (χ0v) is 17.5. The molecule has 0 N–H and O–H groups in total. The van der Waals surface area contributed by atoms with Crippen LogP contribution < -0.4 is 9.21 Å². The molecule has 0 saturated carbocycles. The third-order valence-corrected chi connectivity index (χ3v) is 7.55. The van der Waals surface area contributed by atoms with Crippen LogP contribution in [0.5, 0.6) is 0 Å². The Morgan fingerprint density at radius 1 is 0.931 bits per heavy atom. The van der Waals surface area contributed by atoms with E-state index in [1.807, 2.05) is 46.7 Å². The molecule has 29 heavy (non-hydrogen) atoms. The summed E-state index contributed by atoms with van der Waals surface area (Å²) in [5.74, 6) is 0.907. The number of aromatic nitrogens is 2. The first-order valence-electron chi connectivity index (χ1n) is 8.85. The van der Waals surface area contributed by atoms with Crippen LogP contribution in [-0.4, -0.2) is 25.1 Å². The second kappa shape index (κ2) is 6.98. The monoisotopic (exact) mass is 442 g/mol. The first kappa shape index (κ1) is 18.4. The highest BCUT2D eigenvalue weighted by atomic mass is 35.5. The van der Waals surface area contributed by atoms with Crippen molar-refractivity contribution in [1.82, 2.24) is 9.97 Å². The van der Waals surface area contributed by atoms with Crippen molar-refractivity contribution in [2.24, 2.45) is 0 Å². The van der Waals surface area contributed by atoms with Crippen molar-refractivity contribution in [2.75, 3.05) is 15.9 Å². The van der Waals surface area contributed by atoms with Gasteiger partial charge in [-0.25, -0.2) is 22.7 Å². The van der Waals surface area contributed by atoms with E-state index in [0.29, 0.717) is 28.7 Å². The summed E-state index contributed by atoms with van der Waals surface area (Å²) in [6, 6.07) is 17.6. The fraction of sp³-hybridized carbons (Fsp3) is 0.100. The van der Waals surface area contributed by atoms with E-state index < -0.39 is 10.0 Å². The van der Waals surface area contributed by atoms with Crippen molar-refractivity contribution in [3.63, 3.8) is 0 Å². The van der Waals surface area contributed by atoms with Gasteiger partial charge >= 0.3 is 0 Å². The standard InChI is InChI=1S/C20H15ClN4O2S2/c21-14-7-9-16(10-8-14)29(26,27)25-13-24(12-15-4-3-11-28-15)19-20(25)23-18-6-2-1-5-17(18)22-19/h1-11H,12-13H2. The van der Waals surface area contributed by atoms with Gasteiger partial charge in [0.1, 0.15) is 6.67 Å². The largest absolute Gasteiger partial charge is 0.329 e. The first-order chi connectivity index (χ1) is 14.0. The molecular formula is C20H15ClN4O2S2. The van der Waals surface area contributed by atoms with Gasteiger partial charge in [0, 0.05) is 9.90 Å². The Hall–Kier alpha value is -2.68. The molecule has 2 aromatic heterocycles. The molecule has 0 saturated heterocycles. The van der Waals surface area contributed by atoms with Crippen LogP contribution >= 0.6 is 22.9 Å². The van der Waals surface area contributed by atoms with E-state index in [1.54, 1.807) is 23.5 Å². The highest BCUT2D eigenvalue weighted by Gasteiger charge is 2.38. The maximum Gasteiger partial charge on any atom is 0.267 e. The highest BCUT2D eigenvalue weighted by molar-refractivity contribution is 7.92. The van der Waals surface area contributed by atoms with Crippen molar-refractivity contribution < 1.29 is 8.42 Å². The number of thiophene rings is 1. The second-order valence-electron chi connectivity index (χ2n) is 6.59. The molecule has 9 heteroatoms. The van der Waals surface area contributed by atoms with Crippen molar-refractivity contribution in [2.45, 2.75) is 11.4 Å². The van der Waals surface area contributed by atoms with Gasteiger partial charge in [0.15, 0.2) is 11.6 Å². The zero-order valence-electron chi connectivity index (χ0n) is 15.1. The molecule has 0 spiro atoms. The first-order valence-corrected chi connectivity index (χ1v) is 11.5. The molecule has 0 unspecified atom stereocenters. The fourth-order valence-electron chi connectivity index (χ4n) is 3.29. The predicted molar refractivity (Wildman–Crippen MR) is 116 cm³/mol. The Labute approximate surface area is 177 Å². The van der Waals surface area contributed by atoms with Crippen molar-refractivity contribution in [1.29, 1.82) is 0 Å². The molecule has 0 aliphatic carbocycles.